The lowest BCUT2D eigenvalue weighted by Gasteiger charge is -2.44. The van der Waals surface area contributed by atoms with E-state index in [1.807, 2.05) is 18.5 Å². The van der Waals surface area contributed by atoms with Crippen molar-refractivity contribution in [1.29, 1.82) is 0 Å². The van der Waals surface area contributed by atoms with E-state index in [1.165, 1.54) is 28.3 Å². The number of hydrogen-bond acceptors (Lipinski definition) is 1. The van der Waals surface area contributed by atoms with E-state index < -0.39 is 6.15 Å². The van der Waals surface area contributed by atoms with Gasteiger partial charge in [0.2, 0.25) is 0 Å². The van der Waals surface area contributed by atoms with Gasteiger partial charge in [-0.25, -0.2) is 4.99 Å². The first kappa shape index (κ1) is 21.0. The monoisotopic (exact) mass is 428 g/mol. The van der Waals surface area contributed by atoms with Gasteiger partial charge in [0.1, 0.15) is 6.15 Å². The molecule has 1 saturated carbocycles. The van der Waals surface area contributed by atoms with Crippen molar-refractivity contribution < 1.29 is 4.99 Å². The van der Waals surface area contributed by atoms with Gasteiger partial charge in [-0.2, -0.15) is 21.9 Å². The molecule has 0 saturated heterocycles. The van der Waals surface area contributed by atoms with E-state index in [0.717, 1.165) is 0 Å². The van der Waals surface area contributed by atoms with Crippen LogP contribution in [0.4, 0.5) is 0 Å². The Hall–Kier alpha value is -3.85. The van der Waals surface area contributed by atoms with Gasteiger partial charge in [-0.05, 0) is 0 Å². The smallest absolute Gasteiger partial charge is 0.173 e. The van der Waals surface area contributed by atoms with Gasteiger partial charge in [0, 0.05) is 18.7 Å². The Morgan fingerprint density at radius 3 is 1.36 bits per heavy atom. The molecule has 0 radical (unpaired) electrons. The lowest BCUT2D eigenvalue weighted by molar-refractivity contribution is -0.468. The molecule has 3 heteroatoms. The quantitative estimate of drug-likeness (QED) is 0.473. The third-order valence-electron chi connectivity index (χ3n) is 6.80. The molecule has 1 aliphatic heterocycles. The molecular weight excluding hydrogens is 399 g/mol. The minimum absolute atomic E-state index is 0.713. The number of allylic oxidation sites excluding steroid dienone is 1. The molecule has 1 fully saturated rings. The Morgan fingerprint density at radius 1 is 0.576 bits per heavy atom. The average molecular weight is 428 g/mol. The molecule has 0 aromatic heterocycles. The van der Waals surface area contributed by atoms with Gasteiger partial charge in [-0.1, -0.05) is 121 Å². The summed E-state index contributed by atoms with van der Waals surface area (Å²) >= 11 is 0. The SMILES string of the molecule is C1=CNC2CC2[NH+]=C1.c1ccc([B-](c2ccccc2)(c2ccccc2)c2ccccc2)cc1. The van der Waals surface area contributed by atoms with Gasteiger partial charge in [0.05, 0.1) is 6.04 Å². The van der Waals surface area contributed by atoms with Crippen LogP contribution < -0.4 is 32.2 Å². The third-order valence-corrected chi connectivity index (χ3v) is 6.80. The summed E-state index contributed by atoms with van der Waals surface area (Å²) in [6, 6.07) is 45.0. The molecule has 2 aliphatic rings. The molecule has 0 spiro atoms. The molecule has 2 atom stereocenters. The van der Waals surface area contributed by atoms with Gasteiger partial charge in [-0.3, -0.25) is 0 Å². The van der Waals surface area contributed by atoms with Crippen LogP contribution in [0.5, 0.6) is 0 Å². The van der Waals surface area contributed by atoms with E-state index in [1.54, 1.807) is 0 Å². The van der Waals surface area contributed by atoms with Gasteiger partial charge < -0.3 is 5.32 Å². The van der Waals surface area contributed by atoms with Gasteiger partial charge in [-0.15, -0.1) is 0 Å². The fourth-order valence-corrected chi connectivity index (χ4v) is 5.09. The highest BCUT2D eigenvalue weighted by atomic mass is 15.0. The maximum absolute atomic E-state index is 3.24. The summed E-state index contributed by atoms with van der Waals surface area (Å²) in [7, 11) is 0. The first-order valence-corrected chi connectivity index (χ1v) is 11.8. The topological polar surface area (TPSA) is 26.0 Å². The zero-order valence-electron chi connectivity index (χ0n) is 18.7. The molecule has 4 aromatic rings. The lowest BCUT2D eigenvalue weighted by atomic mass is 9.13. The zero-order chi connectivity index (χ0) is 22.3. The number of fused-ring (bicyclic) bond motifs is 1. The van der Waals surface area contributed by atoms with Gasteiger partial charge >= 0.3 is 0 Å². The minimum atomic E-state index is -1.22. The van der Waals surface area contributed by atoms with Crippen molar-refractivity contribution in [2.45, 2.75) is 18.5 Å². The summed E-state index contributed by atoms with van der Waals surface area (Å²) in [5.74, 6) is 0. The highest BCUT2D eigenvalue weighted by Gasteiger charge is 2.41. The zero-order valence-corrected chi connectivity index (χ0v) is 18.7. The second-order valence-corrected chi connectivity index (χ2v) is 8.82. The van der Waals surface area contributed by atoms with Crippen molar-refractivity contribution in [2.24, 2.45) is 0 Å². The van der Waals surface area contributed by atoms with Crippen LogP contribution in [0.3, 0.4) is 0 Å². The van der Waals surface area contributed by atoms with Crippen LogP contribution in [-0.2, 0) is 0 Å². The number of rotatable bonds is 4. The molecule has 2 nitrogen and oxygen atoms in total. The molecule has 2 unspecified atom stereocenters. The summed E-state index contributed by atoms with van der Waals surface area (Å²) in [5.41, 5.74) is 5.36. The molecule has 162 valence electrons. The second-order valence-electron chi connectivity index (χ2n) is 8.82. The van der Waals surface area contributed by atoms with Crippen molar-refractivity contribution in [3.8, 4) is 0 Å². The number of nitrogens with one attached hydrogen (secondary N) is 2. The van der Waals surface area contributed by atoms with E-state index in [-0.39, 0.29) is 0 Å². The summed E-state index contributed by atoms with van der Waals surface area (Å²) in [4.78, 5) is 3.24. The molecule has 33 heavy (non-hydrogen) atoms. The Morgan fingerprint density at radius 2 is 0.970 bits per heavy atom. The van der Waals surface area contributed by atoms with Crippen LogP contribution in [-0.4, -0.2) is 24.4 Å². The van der Waals surface area contributed by atoms with Crippen LogP contribution >= 0.6 is 0 Å². The van der Waals surface area contributed by atoms with Crippen molar-refractivity contribution in [3.63, 3.8) is 0 Å². The first-order valence-electron chi connectivity index (χ1n) is 11.8. The molecule has 0 bridgehead atoms. The van der Waals surface area contributed by atoms with E-state index in [2.05, 4.69) is 132 Å². The van der Waals surface area contributed by atoms with E-state index in [9.17, 15) is 0 Å². The van der Waals surface area contributed by atoms with Crippen LogP contribution in [0.2, 0.25) is 0 Å². The predicted molar refractivity (Wildman–Crippen MR) is 142 cm³/mol. The lowest BCUT2D eigenvalue weighted by Crippen LogP contribution is -2.74. The molecule has 2 N–H and O–H groups in total. The highest BCUT2D eigenvalue weighted by Crippen LogP contribution is 2.16. The second kappa shape index (κ2) is 9.75. The summed E-state index contributed by atoms with van der Waals surface area (Å²) in [6.45, 7) is 0. The van der Waals surface area contributed by atoms with Gasteiger partial charge in [0.15, 0.2) is 12.3 Å². The Kier molecular flexibility index (Phi) is 6.21. The summed E-state index contributed by atoms with van der Waals surface area (Å²) < 4.78 is 0. The van der Waals surface area contributed by atoms with E-state index >= 15 is 0 Å². The van der Waals surface area contributed by atoms with Crippen molar-refractivity contribution in [2.75, 3.05) is 0 Å². The minimum Gasteiger partial charge on any atom is -0.381 e. The highest BCUT2D eigenvalue weighted by molar-refractivity contribution is 7.19. The first-order chi connectivity index (χ1) is 16.4. The standard InChI is InChI=1S/C24H20B.C6H8N2/c1-5-13-21(14-6-1)25(22-15-7-2-8-16-22,23-17-9-3-10-18-23)24-19-11-4-12-20-24;1-2-7-5-4-6(5)8-3-1/h1-20H;1-3,5-7H,4H2/q-1;/p+1. The maximum Gasteiger partial charge on any atom is 0.173 e. The third kappa shape index (κ3) is 4.40. The van der Waals surface area contributed by atoms with Crippen LogP contribution in [0.1, 0.15) is 6.42 Å². The average Bonchev–Trinajstić information content (AvgIpc) is 3.68. The Bertz CT molecular complexity index is 1040. The fourth-order valence-electron chi connectivity index (χ4n) is 5.09. The van der Waals surface area contributed by atoms with E-state index in [4.69, 9.17) is 0 Å². The van der Waals surface area contributed by atoms with E-state index in [0.29, 0.717) is 12.1 Å². The molecular formula is C30H29BN2. The van der Waals surface area contributed by atoms with Crippen molar-refractivity contribution in [1.82, 2.24) is 5.32 Å². The fraction of sp³-hybridized carbons (Fsp3) is 0.100. The van der Waals surface area contributed by atoms with Crippen molar-refractivity contribution >= 4 is 34.2 Å². The van der Waals surface area contributed by atoms with Crippen molar-refractivity contribution in [3.05, 3.63) is 134 Å². The van der Waals surface area contributed by atoms with Crippen LogP contribution in [0.15, 0.2) is 134 Å². The molecule has 1 aliphatic carbocycles. The molecule has 6 rings (SSSR count). The maximum atomic E-state index is 3.24. The molecule has 1 heterocycles. The van der Waals surface area contributed by atoms with Gasteiger partial charge in [0.25, 0.3) is 0 Å². The normalized spacial score (nSPS) is 18.2. The van der Waals surface area contributed by atoms with Crippen LogP contribution in [0.25, 0.3) is 0 Å². The molecule has 0 amide bonds. The number of benzene rings is 4. The van der Waals surface area contributed by atoms with Crippen LogP contribution in [0, 0.1) is 0 Å². The Balaban J connectivity index is 0.000000238. The predicted octanol–water partition coefficient (Wildman–Crippen LogP) is 1.46. The molecule has 4 aromatic carbocycles. The number of hydrogen-bond donors (Lipinski definition) is 2. The largest absolute Gasteiger partial charge is 0.381 e. The summed E-state index contributed by atoms with van der Waals surface area (Å²) in [5, 5.41) is 3.24. The Labute approximate surface area is 196 Å². The summed E-state index contributed by atoms with van der Waals surface area (Å²) in [6.07, 6.45) is 6.04.